The van der Waals surface area contributed by atoms with Crippen LogP contribution in [0, 0.1) is 5.41 Å². The van der Waals surface area contributed by atoms with E-state index in [4.69, 9.17) is 15.2 Å². The van der Waals surface area contributed by atoms with Crippen molar-refractivity contribution < 1.29 is 14.3 Å². The zero-order valence-electron chi connectivity index (χ0n) is 11.3. The lowest BCUT2D eigenvalue weighted by molar-refractivity contribution is 0.0391. The number of amides is 1. The summed E-state index contributed by atoms with van der Waals surface area (Å²) in [5.74, 6) is 0.761. The highest BCUT2D eigenvalue weighted by atomic mass is 79.9. The molecule has 0 heterocycles. The first-order valence-electron chi connectivity index (χ1n) is 6.26. The predicted molar refractivity (Wildman–Crippen MR) is 76.2 cm³/mol. The van der Waals surface area contributed by atoms with Crippen LogP contribution in [0.25, 0.3) is 0 Å². The molecule has 1 aliphatic rings. The van der Waals surface area contributed by atoms with E-state index in [2.05, 4.69) is 29.8 Å². The molecule has 0 bridgehead atoms. The number of fused-ring (bicyclic) bond motifs is 1. The summed E-state index contributed by atoms with van der Waals surface area (Å²) in [4.78, 5) is 11.1. The zero-order valence-corrected chi connectivity index (χ0v) is 12.9. The molecule has 1 aromatic rings. The minimum atomic E-state index is -0.744. The van der Waals surface area contributed by atoms with Crippen molar-refractivity contribution in [3.63, 3.8) is 0 Å². The van der Waals surface area contributed by atoms with Gasteiger partial charge in [-0.25, -0.2) is 4.79 Å². The molecule has 2 rings (SSSR count). The second kappa shape index (κ2) is 5.04. The Kier molecular flexibility index (Phi) is 3.76. The van der Waals surface area contributed by atoms with E-state index in [0.29, 0.717) is 6.61 Å². The van der Waals surface area contributed by atoms with Gasteiger partial charge in [0.15, 0.2) is 0 Å². The second-order valence-electron chi connectivity index (χ2n) is 5.40. The molecule has 0 radical (unpaired) electrons. The Labute approximate surface area is 121 Å². The van der Waals surface area contributed by atoms with Gasteiger partial charge >= 0.3 is 6.09 Å². The van der Waals surface area contributed by atoms with Crippen LogP contribution < -0.4 is 10.5 Å². The molecule has 0 fully saturated rings. The van der Waals surface area contributed by atoms with Crippen molar-refractivity contribution in [2.24, 2.45) is 11.1 Å². The molecule has 1 atom stereocenters. The zero-order chi connectivity index (χ0) is 14.2. The smallest absolute Gasteiger partial charge is 0.405 e. The number of ether oxygens (including phenoxy) is 2. The molecule has 19 heavy (non-hydrogen) atoms. The molecule has 0 aliphatic heterocycles. The largest absolute Gasteiger partial charge is 0.493 e. The van der Waals surface area contributed by atoms with Gasteiger partial charge in [0, 0.05) is 11.0 Å². The van der Waals surface area contributed by atoms with Gasteiger partial charge in [-0.2, -0.15) is 0 Å². The number of carbonyl (C=O) groups is 1. The Morgan fingerprint density at radius 1 is 1.53 bits per heavy atom. The minimum Gasteiger partial charge on any atom is -0.493 e. The molecule has 1 amide bonds. The van der Waals surface area contributed by atoms with Crippen molar-refractivity contribution in [3.8, 4) is 5.75 Å². The van der Waals surface area contributed by atoms with E-state index < -0.39 is 6.09 Å². The Hall–Kier alpha value is -1.23. The van der Waals surface area contributed by atoms with E-state index in [1.54, 1.807) is 0 Å². The Bertz CT molecular complexity index is 514. The molecule has 4 nitrogen and oxygen atoms in total. The highest BCUT2D eigenvalue weighted by molar-refractivity contribution is 9.10. The van der Waals surface area contributed by atoms with E-state index in [1.807, 2.05) is 19.1 Å². The van der Waals surface area contributed by atoms with Crippen LogP contribution in [-0.2, 0) is 11.2 Å². The van der Waals surface area contributed by atoms with Crippen molar-refractivity contribution in [1.29, 1.82) is 0 Å². The molecule has 104 valence electrons. The summed E-state index contributed by atoms with van der Waals surface area (Å²) in [5, 5.41) is 0. The standard InChI is InChI=1S/C14H18BrNO3/c1-4-18-11-6-9-8(5-10(11)15)7-14(2,3)12(9)19-13(16)17/h5-6,12H,4,7H2,1-3H3,(H2,16,17)/t12-/m0/s1. The third kappa shape index (κ3) is 2.71. The van der Waals surface area contributed by atoms with Crippen molar-refractivity contribution >= 4 is 22.0 Å². The molecular formula is C14H18BrNO3. The summed E-state index contributed by atoms with van der Waals surface area (Å²) in [7, 11) is 0. The average molecular weight is 328 g/mol. The van der Waals surface area contributed by atoms with Gasteiger partial charge in [0.1, 0.15) is 11.9 Å². The third-order valence-corrected chi connectivity index (χ3v) is 3.99. The van der Waals surface area contributed by atoms with Gasteiger partial charge in [-0.1, -0.05) is 13.8 Å². The molecule has 1 aliphatic carbocycles. The fourth-order valence-corrected chi connectivity index (χ4v) is 3.12. The molecule has 0 saturated heterocycles. The molecule has 1 aromatic carbocycles. The monoisotopic (exact) mass is 327 g/mol. The van der Waals surface area contributed by atoms with Gasteiger partial charge in [-0.05, 0) is 47.0 Å². The van der Waals surface area contributed by atoms with E-state index in [1.165, 1.54) is 0 Å². The van der Waals surface area contributed by atoms with Crippen LogP contribution in [0.3, 0.4) is 0 Å². The first-order valence-corrected chi connectivity index (χ1v) is 7.05. The Morgan fingerprint density at radius 2 is 2.21 bits per heavy atom. The molecule has 2 N–H and O–H groups in total. The van der Waals surface area contributed by atoms with Crippen molar-refractivity contribution in [1.82, 2.24) is 0 Å². The summed E-state index contributed by atoms with van der Waals surface area (Å²) in [6.45, 7) is 6.65. The third-order valence-electron chi connectivity index (χ3n) is 3.37. The van der Waals surface area contributed by atoms with E-state index >= 15 is 0 Å². The SMILES string of the molecule is CCOc1cc2c(cc1Br)CC(C)(C)[C@H]2OC(N)=O. The fourth-order valence-electron chi connectivity index (χ4n) is 2.62. The summed E-state index contributed by atoms with van der Waals surface area (Å²) < 4.78 is 11.8. The molecule has 0 aromatic heterocycles. The Morgan fingerprint density at radius 3 is 2.79 bits per heavy atom. The van der Waals surface area contributed by atoms with Gasteiger partial charge in [-0.3, -0.25) is 0 Å². The molecule has 5 heteroatoms. The van der Waals surface area contributed by atoms with Crippen LogP contribution in [0.2, 0.25) is 0 Å². The maximum Gasteiger partial charge on any atom is 0.405 e. The van der Waals surface area contributed by atoms with Gasteiger partial charge in [0.25, 0.3) is 0 Å². The predicted octanol–water partition coefficient (Wildman–Crippen LogP) is 3.57. The quantitative estimate of drug-likeness (QED) is 0.923. The molecule has 0 unspecified atom stereocenters. The van der Waals surface area contributed by atoms with Crippen LogP contribution in [0.5, 0.6) is 5.75 Å². The van der Waals surface area contributed by atoms with Crippen molar-refractivity contribution in [2.45, 2.75) is 33.3 Å². The summed E-state index contributed by atoms with van der Waals surface area (Å²) in [6.07, 6.45) is -0.232. The highest BCUT2D eigenvalue weighted by Crippen LogP contribution is 2.49. The van der Waals surface area contributed by atoms with Crippen LogP contribution in [0.15, 0.2) is 16.6 Å². The fraction of sp³-hybridized carbons (Fsp3) is 0.500. The first kappa shape index (κ1) is 14.2. The molecular weight excluding hydrogens is 310 g/mol. The minimum absolute atomic E-state index is 0.165. The van der Waals surface area contributed by atoms with Gasteiger partial charge in [0.05, 0.1) is 11.1 Å². The van der Waals surface area contributed by atoms with Crippen LogP contribution in [0.4, 0.5) is 4.79 Å². The van der Waals surface area contributed by atoms with Crippen molar-refractivity contribution in [3.05, 3.63) is 27.7 Å². The number of hydrogen-bond donors (Lipinski definition) is 1. The maximum atomic E-state index is 11.1. The number of hydrogen-bond acceptors (Lipinski definition) is 3. The van der Waals surface area contributed by atoms with Crippen LogP contribution in [0.1, 0.15) is 38.0 Å². The number of primary amides is 1. The summed E-state index contributed by atoms with van der Waals surface area (Å²) in [6, 6.07) is 3.97. The van der Waals surface area contributed by atoms with Gasteiger partial charge in [-0.15, -0.1) is 0 Å². The number of rotatable bonds is 3. The first-order chi connectivity index (χ1) is 8.85. The number of halogens is 1. The Balaban J connectivity index is 2.44. The topological polar surface area (TPSA) is 61.6 Å². The molecule has 0 saturated carbocycles. The second-order valence-corrected chi connectivity index (χ2v) is 6.25. The lowest BCUT2D eigenvalue weighted by Crippen LogP contribution is -2.25. The number of benzene rings is 1. The van der Waals surface area contributed by atoms with E-state index in [0.717, 1.165) is 27.8 Å². The summed E-state index contributed by atoms with van der Waals surface area (Å²) in [5.41, 5.74) is 7.15. The van der Waals surface area contributed by atoms with E-state index in [-0.39, 0.29) is 11.5 Å². The average Bonchev–Trinajstić information content (AvgIpc) is 2.51. The number of nitrogens with two attached hydrogens (primary N) is 1. The lowest BCUT2D eigenvalue weighted by atomic mass is 9.87. The number of carbonyl (C=O) groups excluding carboxylic acids is 1. The maximum absolute atomic E-state index is 11.1. The molecule has 0 spiro atoms. The van der Waals surface area contributed by atoms with Crippen molar-refractivity contribution in [2.75, 3.05) is 6.61 Å². The van der Waals surface area contributed by atoms with E-state index in [9.17, 15) is 4.79 Å². The van der Waals surface area contributed by atoms with Gasteiger partial charge in [0.2, 0.25) is 0 Å². The normalized spacial score (nSPS) is 19.9. The summed E-state index contributed by atoms with van der Waals surface area (Å²) >= 11 is 3.50. The highest BCUT2D eigenvalue weighted by Gasteiger charge is 2.42. The lowest BCUT2D eigenvalue weighted by Gasteiger charge is -2.26. The van der Waals surface area contributed by atoms with Crippen LogP contribution >= 0.6 is 15.9 Å². The van der Waals surface area contributed by atoms with Crippen LogP contribution in [-0.4, -0.2) is 12.7 Å². The van der Waals surface area contributed by atoms with Gasteiger partial charge < -0.3 is 15.2 Å².